The molecule has 2 N–H and O–H groups in total. The van der Waals surface area contributed by atoms with Gasteiger partial charge < -0.3 is 15.1 Å². The average Bonchev–Trinajstić information content (AvgIpc) is 2.65. The Hall–Kier alpha value is -3.32. The van der Waals surface area contributed by atoms with Crippen molar-refractivity contribution < 1.29 is 19.9 Å². The number of nitrogens with zero attached hydrogens (tertiary/aromatic N) is 2. The number of aromatic hydroxyl groups is 2. The monoisotopic (exact) mass is 386 g/mol. The number of benzene rings is 3. The number of amides is 1. The number of hydrogen-bond acceptors (Lipinski definition) is 5. The van der Waals surface area contributed by atoms with Crippen LogP contribution in [-0.4, -0.2) is 27.6 Å². The molecule has 0 spiro atoms. The predicted molar refractivity (Wildman–Crippen MR) is 103 cm³/mol. The van der Waals surface area contributed by atoms with Gasteiger partial charge in [-0.25, -0.2) is 0 Å². The van der Waals surface area contributed by atoms with Crippen LogP contribution in [0, 0.1) is 10.1 Å². The second-order valence-electron chi connectivity index (χ2n) is 5.78. The summed E-state index contributed by atoms with van der Waals surface area (Å²) in [6, 6.07) is 11.6. The van der Waals surface area contributed by atoms with E-state index >= 15 is 0 Å². The first-order valence-electron chi connectivity index (χ1n) is 8.04. The van der Waals surface area contributed by atoms with Gasteiger partial charge in [-0.1, -0.05) is 29.8 Å². The molecule has 1 amide bonds. The second kappa shape index (κ2) is 7.13. The Morgan fingerprint density at radius 3 is 2.52 bits per heavy atom. The van der Waals surface area contributed by atoms with Crippen molar-refractivity contribution in [2.24, 2.45) is 0 Å². The topological polar surface area (TPSA) is 104 Å². The molecule has 27 heavy (non-hydrogen) atoms. The van der Waals surface area contributed by atoms with Gasteiger partial charge >= 0.3 is 0 Å². The highest BCUT2D eigenvalue weighted by Crippen LogP contribution is 2.37. The van der Waals surface area contributed by atoms with Crippen LogP contribution in [0.3, 0.4) is 0 Å². The van der Waals surface area contributed by atoms with Crippen LogP contribution in [0.25, 0.3) is 10.8 Å². The summed E-state index contributed by atoms with van der Waals surface area (Å²) in [5.74, 6) is -1.08. The minimum atomic E-state index is -0.650. The molecule has 0 heterocycles. The quantitative estimate of drug-likeness (QED) is 0.508. The van der Waals surface area contributed by atoms with E-state index in [1.54, 1.807) is 31.2 Å². The molecule has 3 aromatic carbocycles. The molecule has 0 unspecified atom stereocenters. The van der Waals surface area contributed by atoms with E-state index in [0.717, 1.165) is 12.1 Å². The number of phenolic OH excluding ortho intramolecular Hbond substituents is 2. The summed E-state index contributed by atoms with van der Waals surface area (Å²) in [5, 5.41) is 32.4. The van der Waals surface area contributed by atoms with Crippen LogP contribution in [0.15, 0.2) is 48.5 Å². The van der Waals surface area contributed by atoms with Gasteiger partial charge in [0.25, 0.3) is 11.6 Å². The lowest BCUT2D eigenvalue weighted by molar-refractivity contribution is -0.384. The molecular weight excluding hydrogens is 372 g/mol. The maximum Gasteiger partial charge on any atom is 0.273 e. The van der Waals surface area contributed by atoms with Crippen LogP contribution in [-0.2, 0) is 0 Å². The number of carbonyl (C=O) groups excluding carboxylic acids is 1. The SMILES string of the molecule is CCN(C(=O)c1ccc([N+](=O)[O-])cc1O)c1cccc2c(O)c(Cl)ccc12. The number of halogens is 1. The Balaban J connectivity index is 2.11. The molecular formula is C19H15ClN2O5. The number of hydrogen-bond donors (Lipinski definition) is 2. The van der Waals surface area contributed by atoms with Crippen molar-refractivity contribution >= 4 is 39.7 Å². The van der Waals surface area contributed by atoms with Crippen molar-refractivity contribution in [1.82, 2.24) is 0 Å². The number of non-ortho nitro benzene ring substituents is 1. The van der Waals surface area contributed by atoms with Crippen molar-refractivity contribution in [2.75, 3.05) is 11.4 Å². The van der Waals surface area contributed by atoms with Crippen molar-refractivity contribution in [3.05, 3.63) is 69.2 Å². The third-order valence-electron chi connectivity index (χ3n) is 4.24. The number of rotatable bonds is 4. The molecule has 0 radical (unpaired) electrons. The fourth-order valence-corrected chi connectivity index (χ4v) is 3.08. The van der Waals surface area contributed by atoms with Crippen molar-refractivity contribution in [2.45, 2.75) is 6.92 Å². The van der Waals surface area contributed by atoms with Crippen LogP contribution >= 0.6 is 11.6 Å². The highest BCUT2D eigenvalue weighted by molar-refractivity contribution is 6.33. The molecule has 7 nitrogen and oxygen atoms in total. The fraction of sp³-hybridized carbons (Fsp3) is 0.105. The van der Waals surface area contributed by atoms with Gasteiger partial charge in [0.1, 0.15) is 11.5 Å². The highest BCUT2D eigenvalue weighted by Gasteiger charge is 2.23. The van der Waals surface area contributed by atoms with E-state index in [9.17, 15) is 25.1 Å². The lowest BCUT2D eigenvalue weighted by Crippen LogP contribution is -2.30. The van der Waals surface area contributed by atoms with Crippen molar-refractivity contribution in [3.8, 4) is 11.5 Å². The summed E-state index contributed by atoms with van der Waals surface area (Å²) in [6.07, 6.45) is 0. The molecule has 0 aromatic heterocycles. The third kappa shape index (κ3) is 3.24. The van der Waals surface area contributed by atoms with E-state index in [4.69, 9.17) is 11.6 Å². The zero-order valence-corrected chi connectivity index (χ0v) is 15.0. The maximum absolute atomic E-state index is 13.0. The van der Waals surface area contributed by atoms with Gasteiger partial charge in [0.2, 0.25) is 0 Å². The molecule has 0 aliphatic carbocycles. The summed E-state index contributed by atoms with van der Waals surface area (Å²) in [4.78, 5) is 24.6. The first-order valence-corrected chi connectivity index (χ1v) is 8.42. The smallest absolute Gasteiger partial charge is 0.273 e. The van der Waals surface area contributed by atoms with E-state index in [1.165, 1.54) is 17.0 Å². The Bertz CT molecular complexity index is 1070. The minimum Gasteiger partial charge on any atom is -0.507 e. The maximum atomic E-state index is 13.0. The molecule has 0 fully saturated rings. The zero-order valence-electron chi connectivity index (χ0n) is 14.2. The first-order chi connectivity index (χ1) is 12.8. The molecule has 3 aromatic rings. The van der Waals surface area contributed by atoms with E-state index < -0.39 is 16.6 Å². The van der Waals surface area contributed by atoms with Crippen molar-refractivity contribution in [1.29, 1.82) is 0 Å². The van der Waals surface area contributed by atoms with E-state index in [1.807, 2.05) is 0 Å². The lowest BCUT2D eigenvalue weighted by atomic mass is 10.1. The number of fused-ring (bicyclic) bond motifs is 1. The largest absolute Gasteiger partial charge is 0.507 e. The molecule has 8 heteroatoms. The fourth-order valence-electron chi connectivity index (χ4n) is 2.92. The van der Waals surface area contributed by atoms with E-state index in [2.05, 4.69) is 0 Å². The van der Waals surface area contributed by atoms with Crippen LogP contribution in [0.1, 0.15) is 17.3 Å². The number of phenols is 2. The van der Waals surface area contributed by atoms with Crippen LogP contribution < -0.4 is 4.90 Å². The van der Waals surface area contributed by atoms with Gasteiger partial charge in [-0.3, -0.25) is 14.9 Å². The summed E-state index contributed by atoms with van der Waals surface area (Å²) >= 11 is 5.95. The zero-order chi connectivity index (χ0) is 19.7. The number of carbonyl (C=O) groups is 1. The summed E-state index contributed by atoms with van der Waals surface area (Å²) in [6.45, 7) is 2.03. The number of nitro benzene ring substituents is 1. The third-order valence-corrected chi connectivity index (χ3v) is 4.54. The molecule has 0 saturated heterocycles. The predicted octanol–water partition coefficient (Wildman–Crippen LogP) is 4.48. The second-order valence-corrected chi connectivity index (χ2v) is 6.18. The van der Waals surface area contributed by atoms with Crippen LogP contribution in [0.2, 0.25) is 5.02 Å². The molecule has 0 bridgehead atoms. The summed E-state index contributed by atoms with van der Waals surface area (Å²) in [7, 11) is 0. The molecule has 3 rings (SSSR count). The Morgan fingerprint density at radius 1 is 1.15 bits per heavy atom. The Labute approximate surface area is 159 Å². The minimum absolute atomic E-state index is 0.0577. The normalized spacial score (nSPS) is 10.7. The van der Waals surface area contributed by atoms with Crippen LogP contribution in [0.4, 0.5) is 11.4 Å². The molecule has 138 valence electrons. The summed E-state index contributed by atoms with van der Waals surface area (Å²) in [5.41, 5.74) is 0.152. The van der Waals surface area contributed by atoms with Gasteiger partial charge in [-0.15, -0.1) is 0 Å². The molecule has 0 aliphatic heterocycles. The highest BCUT2D eigenvalue weighted by atomic mass is 35.5. The Morgan fingerprint density at radius 2 is 1.89 bits per heavy atom. The van der Waals surface area contributed by atoms with Gasteiger partial charge in [0, 0.05) is 23.4 Å². The van der Waals surface area contributed by atoms with Crippen molar-refractivity contribution in [3.63, 3.8) is 0 Å². The number of nitro groups is 1. The van der Waals surface area contributed by atoms with E-state index in [0.29, 0.717) is 16.5 Å². The number of anilines is 1. The van der Waals surface area contributed by atoms with Gasteiger partial charge in [0.15, 0.2) is 0 Å². The standard InChI is InChI=1S/C19H15ClN2O5/c1-2-21(19(25)14-7-6-11(22(26)27)10-17(14)23)16-5-3-4-13-12(16)8-9-15(20)18(13)24/h3-10,23-24H,2H2,1H3. The van der Waals surface area contributed by atoms with Gasteiger partial charge in [-0.2, -0.15) is 0 Å². The van der Waals surface area contributed by atoms with E-state index in [-0.39, 0.29) is 28.6 Å². The Kier molecular flexibility index (Phi) is 4.87. The van der Waals surface area contributed by atoms with Gasteiger partial charge in [0.05, 0.1) is 27.3 Å². The van der Waals surface area contributed by atoms with Crippen LogP contribution in [0.5, 0.6) is 11.5 Å². The average molecular weight is 387 g/mol. The first kappa shape index (κ1) is 18.5. The molecule has 0 atom stereocenters. The molecule has 0 aliphatic rings. The molecule has 0 saturated carbocycles. The van der Waals surface area contributed by atoms with Gasteiger partial charge in [-0.05, 0) is 25.1 Å². The lowest BCUT2D eigenvalue weighted by Gasteiger charge is -2.23. The summed E-state index contributed by atoms with van der Waals surface area (Å²) < 4.78 is 0.